The second-order valence-corrected chi connectivity index (χ2v) is 7.64. The Morgan fingerprint density at radius 2 is 1.88 bits per heavy atom. The number of hydrogen-bond donors (Lipinski definition) is 1. The molecule has 2 aromatic carbocycles. The average Bonchev–Trinajstić information content (AvgIpc) is 2.54. The molecule has 3 nitrogen and oxygen atoms in total. The van der Waals surface area contributed by atoms with E-state index in [-0.39, 0.29) is 11.7 Å². The molecule has 1 amide bonds. The topological polar surface area (TPSA) is 46.2 Å². The summed E-state index contributed by atoms with van der Waals surface area (Å²) in [5.41, 5.74) is 0.103. The standard InChI is InChI=1S/C19H20FNO2S/c20-16-7-4-6-15(14-16)19(10-5-11-19)18(22)21-12-13-24(23)17-8-2-1-3-9-17/h1-4,6-9,14H,5,10-13H2,(H,21,22)/t24-/m0/s1. The molecule has 0 saturated heterocycles. The number of hydrogen-bond acceptors (Lipinski definition) is 2. The Hall–Kier alpha value is -2.01. The Labute approximate surface area is 143 Å². The summed E-state index contributed by atoms with van der Waals surface area (Å²) in [7, 11) is -1.13. The number of amides is 1. The Balaban J connectivity index is 1.61. The first-order valence-electron chi connectivity index (χ1n) is 8.10. The molecule has 0 bridgehead atoms. The molecule has 1 fully saturated rings. The minimum absolute atomic E-state index is 0.0931. The van der Waals surface area contributed by atoms with Gasteiger partial charge in [0.05, 0.1) is 16.2 Å². The summed E-state index contributed by atoms with van der Waals surface area (Å²) in [4.78, 5) is 13.4. The predicted molar refractivity (Wildman–Crippen MR) is 92.7 cm³/mol. The zero-order chi connectivity index (χ0) is 17.0. The molecule has 0 radical (unpaired) electrons. The van der Waals surface area contributed by atoms with Crippen LogP contribution in [-0.2, 0) is 21.0 Å². The van der Waals surface area contributed by atoms with Gasteiger partial charge in [0.1, 0.15) is 5.82 Å². The molecule has 1 aliphatic rings. The van der Waals surface area contributed by atoms with E-state index in [9.17, 15) is 13.4 Å². The van der Waals surface area contributed by atoms with Crippen molar-refractivity contribution in [2.24, 2.45) is 0 Å². The molecule has 1 atom stereocenters. The van der Waals surface area contributed by atoms with Crippen molar-refractivity contribution in [3.63, 3.8) is 0 Å². The van der Waals surface area contributed by atoms with Crippen LogP contribution in [0.4, 0.5) is 4.39 Å². The van der Waals surface area contributed by atoms with Gasteiger partial charge in [-0.15, -0.1) is 0 Å². The number of rotatable bonds is 6. The normalized spacial score (nSPS) is 16.9. The molecule has 0 spiro atoms. The summed E-state index contributed by atoms with van der Waals surface area (Å²) in [6.07, 6.45) is 2.41. The maximum absolute atomic E-state index is 13.5. The molecule has 0 aliphatic heterocycles. The fourth-order valence-corrected chi connectivity index (χ4v) is 4.06. The van der Waals surface area contributed by atoms with Crippen LogP contribution in [0.3, 0.4) is 0 Å². The summed E-state index contributed by atoms with van der Waals surface area (Å²) < 4.78 is 25.7. The van der Waals surface area contributed by atoms with Crippen LogP contribution in [0.15, 0.2) is 59.5 Å². The van der Waals surface area contributed by atoms with E-state index < -0.39 is 16.2 Å². The van der Waals surface area contributed by atoms with Crippen molar-refractivity contribution in [3.05, 3.63) is 66.0 Å². The van der Waals surface area contributed by atoms with Gasteiger partial charge in [0.25, 0.3) is 0 Å². The van der Waals surface area contributed by atoms with E-state index in [1.54, 1.807) is 6.07 Å². The minimum Gasteiger partial charge on any atom is -0.354 e. The van der Waals surface area contributed by atoms with Crippen molar-refractivity contribution in [3.8, 4) is 0 Å². The third-order valence-electron chi connectivity index (χ3n) is 4.60. The van der Waals surface area contributed by atoms with E-state index in [0.717, 1.165) is 29.7 Å². The third-order valence-corrected chi connectivity index (χ3v) is 5.97. The number of nitrogens with one attached hydrogen (secondary N) is 1. The fourth-order valence-electron chi connectivity index (χ4n) is 3.08. The first-order valence-corrected chi connectivity index (χ1v) is 9.41. The number of carbonyl (C=O) groups is 1. The maximum atomic E-state index is 13.5. The highest BCUT2D eigenvalue weighted by molar-refractivity contribution is 7.85. The first kappa shape index (κ1) is 16.8. The van der Waals surface area contributed by atoms with Crippen molar-refractivity contribution in [1.29, 1.82) is 0 Å². The van der Waals surface area contributed by atoms with Crippen molar-refractivity contribution in [2.75, 3.05) is 12.3 Å². The monoisotopic (exact) mass is 345 g/mol. The van der Waals surface area contributed by atoms with Gasteiger partial charge in [-0.3, -0.25) is 9.00 Å². The van der Waals surface area contributed by atoms with Crippen molar-refractivity contribution in [1.82, 2.24) is 5.32 Å². The largest absolute Gasteiger partial charge is 0.354 e. The van der Waals surface area contributed by atoms with E-state index in [1.807, 2.05) is 36.4 Å². The van der Waals surface area contributed by atoms with Crippen molar-refractivity contribution >= 4 is 16.7 Å². The fraction of sp³-hybridized carbons (Fsp3) is 0.316. The third kappa shape index (κ3) is 3.41. The highest BCUT2D eigenvalue weighted by Crippen LogP contribution is 2.44. The van der Waals surface area contributed by atoms with E-state index in [4.69, 9.17) is 0 Å². The van der Waals surface area contributed by atoms with Crippen LogP contribution in [0.5, 0.6) is 0 Å². The van der Waals surface area contributed by atoms with Gasteiger partial charge in [0.15, 0.2) is 0 Å². The summed E-state index contributed by atoms with van der Waals surface area (Å²) in [6.45, 7) is 0.345. The maximum Gasteiger partial charge on any atom is 0.230 e. The zero-order valence-corrected chi connectivity index (χ0v) is 14.2. The smallest absolute Gasteiger partial charge is 0.230 e. The highest BCUT2D eigenvalue weighted by atomic mass is 32.2. The molecule has 1 N–H and O–H groups in total. The van der Waals surface area contributed by atoms with Crippen LogP contribution in [0, 0.1) is 5.82 Å². The van der Waals surface area contributed by atoms with E-state index in [1.165, 1.54) is 12.1 Å². The average molecular weight is 345 g/mol. The van der Waals surface area contributed by atoms with E-state index in [0.29, 0.717) is 12.3 Å². The van der Waals surface area contributed by atoms with Crippen LogP contribution in [0.1, 0.15) is 24.8 Å². The van der Waals surface area contributed by atoms with Crippen LogP contribution < -0.4 is 5.32 Å². The molecular weight excluding hydrogens is 325 g/mol. The first-order chi connectivity index (χ1) is 11.6. The van der Waals surface area contributed by atoms with Crippen molar-refractivity contribution < 1.29 is 13.4 Å². The summed E-state index contributed by atoms with van der Waals surface area (Å²) in [5, 5.41) is 2.89. The van der Waals surface area contributed by atoms with Gasteiger partial charge in [-0.05, 0) is 42.7 Å². The van der Waals surface area contributed by atoms with Gasteiger partial charge in [0.2, 0.25) is 5.91 Å². The van der Waals surface area contributed by atoms with Crippen LogP contribution in [0.2, 0.25) is 0 Å². The second-order valence-electron chi connectivity index (χ2n) is 6.06. The van der Waals surface area contributed by atoms with Crippen LogP contribution >= 0.6 is 0 Å². The Morgan fingerprint density at radius 3 is 2.50 bits per heavy atom. The van der Waals surface area contributed by atoms with Gasteiger partial charge in [-0.1, -0.05) is 36.8 Å². The highest BCUT2D eigenvalue weighted by Gasteiger charge is 2.45. The lowest BCUT2D eigenvalue weighted by Crippen LogP contribution is -2.50. The Morgan fingerprint density at radius 1 is 1.12 bits per heavy atom. The zero-order valence-electron chi connectivity index (χ0n) is 13.3. The van der Waals surface area contributed by atoms with Gasteiger partial charge >= 0.3 is 0 Å². The number of carbonyl (C=O) groups excluding carboxylic acids is 1. The predicted octanol–water partition coefficient (Wildman–Crippen LogP) is 3.17. The SMILES string of the molecule is O=C(NCC[S@](=O)c1ccccc1)C1(c2cccc(F)c2)CCC1. The minimum atomic E-state index is -1.13. The molecule has 1 aliphatic carbocycles. The Kier molecular flexibility index (Phi) is 5.09. The molecule has 24 heavy (non-hydrogen) atoms. The summed E-state index contributed by atoms with van der Waals surface area (Å²) in [6, 6.07) is 15.5. The quantitative estimate of drug-likeness (QED) is 0.874. The molecular formula is C19H20FNO2S. The lowest BCUT2D eigenvalue weighted by molar-refractivity contribution is -0.129. The molecule has 0 aromatic heterocycles. The lowest BCUT2D eigenvalue weighted by Gasteiger charge is -2.40. The molecule has 126 valence electrons. The van der Waals surface area contributed by atoms with Gasteiger partial charge in [0, 0.05) is 17.2 Å². The van der Waals surface area contributed by atoms with Crippen LogP contribution in [0.25, 0.3) is 0 Å². The summed E-state index contributed by atoms with van der Waals surface area (Å²) >= 11 is 0. The number of halogens is 1. The molecule has 0 heterocycles. The van der Waals surface area contributed by atoms with Gasteiger partial charge in [-0.2, -0.15) is 0 Å². The lowest BCUT2D eigenvalue weighted by atomic mass is 9.64. The summed E-state index contributed by atoms with van der Waals surface area (Å²) in [5.74, 6) is -0.0456. The molecule has 5 heteroatoms. The molecule has 1 saturated carbocycles. The Bertz CT molecular complexity index is 744. The number of benzene rings is 2. The molecule has 2 aromatic rings. The van der Waals surface area contributed by atoms with Crippen molar-refractivity contribution in [2.45, 2.75) is 29.6 Å². The molecule has 3 rings (SSSR count). The second kappa shape index (κ2) is 7.26. The van der Waals surface area contributed by atoms with Gasteiger partial charge in [-0.25, -0.2) is 4.39 Å². The molecule has 0 unspecified atom stereocenters. The van der Waals surface area contributed by atoms with E-state index in [2.05, 4.69) is 5.32 Å². The van der Waals surface area contributed by atoms with E-state index >= 15 is 0 Å². The van der Waals surface area contributed by atoms with Crippen LogP contribution in [-0.4, -0.2) is 22.4 Å². The van der Waals surface area contributed by atoms with Gasteiger partial charge < -0.3 is 5.32 Å².